The summed E-state index contributed by atoms with van der Waals surface area (Å²) in [4.78, 5) is 11.3. The minimum Gasteiger partial charge on any atom is -0.465 e. The Labute approximate surface area is 107 Å². The van der Waals surface area contributed by atoms with E-state index in [2.05, 4.69) is 11.7 Å². The zero-order valence-corrected chi connectivity index (χ0v) is 10.9. The van der Waals surface area contributed by atoms with Gasteiger partial charge in [0, 0.05) is 0 Å². The average Bonchev–Trinajstić information content (AvgIpc) is 2.38. The van der Waals surface area contributed by atoms with Crippen molar-refractivity contribution in [2.45, 2.75) is 38.5 Å². The SMILES string of the molecule is COC(=O)c1ccc(C2CCC(C)CC2)cc1F. The van der Waals surface area contributed by atoms with Gasteiger partial charge in [-0.05, 0) is 42.4 Å². The number of carbonyl (C=O) groups excluding carboxylic acids is 1. The lowest BCUT2D eigenvalue weighted by atomic mass is 9.79. The van der Waals surface area contributed by atoms with Crippen molar-refractivity contribution in [1.29, 1.82) is 0 Å². The average molecular weight is 250 g/mol. The molecular formula is C15H19FO2. The number of esters is 1. The highest BCUT2D eigenvalue weighted by Crippen LogP contribution is 2.35. The second-order valence-corrected chi connectivity index (χ2v) is 5.19. The topological polar surface area (TPSA) is 26.3 Å². The molecule has 0 spiro atoms. The first-order valence-electron chi connectivity index (χ1n) is 6.49. The van der Waals surface area contributed by atoms with Crippen LogP contribution in [0.15, 0.2) is 18.2 Å². The highest BCUT2D eigenvalue weighted by atomic mass is 19.1. The molecule has 18 heavy (non-hydrogen) atoms. The van der Waals surface area contributed by atoms with Gasteiger partial charge < -0.3 is 4.74 Å². The van der Waals surface area contributed by atoms with Gasteiger partial charge in [-0.15, -0.1) is 0 Å². The van der Waals surface area contributed by atoms with E-state index in [9.17, 15) is 9.18 Å². The van der Waals surface area contributed by atoms with Gasteiger partial charge in [0.2, 0.25) is 0 Å². The summed E-state index contributed by atoms with van der Waals surface area (Å²) >= 11 is 0. The van der Waals surface area contributed by atoms with Crippen LogP contribution in [0.25, 0.3) is 0 Å². The molecule has 0 atom stereocenters. The summed E-state index contributed by atoms with van der Waals surface area (Å²) < 4.78 is 18.4. The van der Waals surface area contributed by atoms with E-state index in [1.54, 1.807) is 0 Å². The van der Waals surface area contributed by atoms with Crippen LogP contribution in [0.2, 0.25) is 0 Å². The van der Waals surface area contributed by atoms with E-state index in [-0.39, 0.29) is 5.56 Å². The lowest BCUT2D eigenvalue weighted by molar-refractivity contribution is 0.0595. The first-order chi connectivity index (χ1) is 8.61. The van der Waals surface area contributed by atoms with E-state index in [4.69, 9.17) is 0 Å². The van der Waals surface area contributed by atoms with Gasteiger partial charge >= 0.3 is 5.97 Å². The second kappa shape index (κ2) is 5.51. The van der Waals surface area contributed by atoms with E-state index >= 15 is 0 Å². The van der Waals surface area contributed by atoms with Crippen LogP contribution in [-0.4, -0.2) is 13.1 Å². The molecule has 0 unspecified atom stereocenters. The molecule has 1 fully saturated rings. The molecule has 1 saturated carbocycles. The maximum Gasteiger partial charge on any atom is 0.340 e. The quantitative estimate of drug-likeness (QED) is 0.744. The van der Waals surface area contributed by atoms with Crippen molar-refractivity contribution in [2.75, 3.05) is 7.11 Å². The third kappa shape index (κ3) is 2.71. The van der Waals surface area contributed by atoms with Crippen molar-refractivity contribution in [1.82, 2.24) is 0 Å². The number of halogens is 1. The maximum absolute atomic E-state index is 13.8. The Hall–Kier alpha value is -1.38. The van der Waals surface area contributed by atoms with Crippen LogP contribution in [0.1, 0.15) is 54.4 Å². The van der Waals surface area contributed by atoms with Gasteiger partial charge in [0.05, 0.1) is 12.7 Å². The van der Waals surface area contributed by atoms with Gasteiger partial charge in [0.1, 0.15) is 5.82 Å². The molecule has 98 valence electrons. The van der Waals surface area contributed by atoms with Gasteiger partial charge in [0.25, 0.3) is 0 Å². The Balaban J connectivity index is 2.16. The highest BCUT2D eigenvalue weighted by Gasteiger charge is 2.21. The Kier molecular flexibility index (Phi) is 4.00. The number of ether oxygens (including phenoxy) is 1. The third-order valence-electron chi connectivity index (χ3n) is 3.89. The van der Waals surface area contributed by atoms with Crippen molar-refractivity contribution in [3.8, 4) is 0 Å². The fourth-order valence-corrected chi connectivity index (χ4v) is 2.65. The monoisotopic (exact) mass is 250 g/mol. The van der Waals surface area contributed by atoms with Crippen molar-refractivity contribution < 1.29 is 13.9 Å². The molecule has 0 saturated heterocycles. The summed E-state index contributed by atoms with van der Waals surface area (Å²) in [7, 11) is 1.26. The van der Waals surface area contributed by atoms with Crippen LogP contribution >= 0.6 is 0 Å². The number of rotatable bonds is 2. The molecule has 0 radical (unpaired) electrons. The Morgan fingerprint density at radius 1 is 1.28 bits per heavy atom. The van der Waals surface area contributed by atoms with E-state index in [0.717, 1.165) is 24.3 Å². The second-order valence-electron chi connectivity index (χ2n) is 5.19. The number of hydrogen-bond donors (Lipinski definition) is 0. The summed E-state index contributed by atoms with van der Waals surface area (Å²) in [5, 5.41) is 0. The van der Waals surface area contributed by atoms with E-state index in [1.807, 2.05) is 6.07 Å². The highest BCUT2D eigenvalue weighted by molar-refractivity contribution is 5.89. The molecular weight excluding hydrogens is 231 g/mol. The molecule has 3 heteroatoms. The van der Waals surface area contributed by atoms with Gasteiger partial charge in [-0.1, -0.05) is 25.8 Å². The predicted molar refractivity (Wildman–Crippen MR) is 68.1 cm³/mol. The number of benzene rings is 1. The van der Waals surface area contributed by atoms with Gasteiger partial charge in [-0.2, -0.15) is 0 Å². The smallest absolute Gasteiger partial charge is 0.340 e. The van der Waals surface area contributed by atoms with Crippen LogP contribution in [0.5, 0.6) is 0 Å². The zero-order chi connectivity index (χ0) is 13.1. The van der Waals surface area contributed by atoms with Crippen LogP contribution in [0.4, 0.5) is 4.39 Å². The van der Waals surface area contributed by atoms with Crippen LogP contribution in [0, 0.1) is 11.7 Å². The summed E-state index contributed by atoms with van der Waals surface area (Å²) in [5.74, 6) is 0.122. The fourth-order valence-electron chi connectivity index (χ4n) is 2.65. The van der Waals surface area contributed by atoms with Gasteiger partial charge in [-0.3, -0.25) is 0 Å². The molecule has 2 nitrogen and oxygen atoms in total. The lowest BCUT2D eigenvalue weighted by Gasteiger charge is -2.26. The molecule has 1 aromatic carbocycles. The molecule has 2 rings (SSSR count). The Morgan fingerprint density at radius 2 is 1.94 bits per heavy atom. The van der Waals surface area contributed by atoms with Gasteiger partial charge in [0.15, 0.2) is 0 Å². The van der Waals surface area contributed by atoms with E-state index in [0.29, 0.717) is 5.92 Å². The fraction of sp³-hybridized carbons (Fsp3) is 0.533. The van der Waals surface area contributed by atoms with Crippen molar-refractivity contribution >= 4 is 5.97 Å². The van der Waals surface area contributed by atoms with Crippen molar-refractivity contribution in [3.05, 3.63) is 35.1 Å². The minimum absolute atomic E-state index is 0.0189. The Morgan fingerprint density at radius 3 is 2.50 bits per heavy atom. The third-order valence-corrected chi connectivity index (χ3v) is 3.89. The van der Waals surface area contributed by atoms with Crippen molar-refractivity contribution in [3.63, 3.8) is 0 Å². The van der Waals surface area contributed by atoms with Crippen LogP contribution in [-0.2, 0) is 4.74 Å². The number of carbonyl (C=O) groups is 1. The predicted octanol–water partition coefficient (Wildman–Crippen LogP) is 3.91. The number of methoxy groups -OCH3 is 1. The largest absolute Gasteiger partial charge is 0.465 e. The maximum atomic E-state index is 13.8. The summed E-state index contributed by atoms with van der Waals surface area (Å²) in [5.41, 5.74) is 1.03. The molecule has 0 amide bonds. The molecule has 1 aliphatic carbocycles. The van der Waals surface area contributed by atoms with E-state index < -0.39 is 11.8 Å². The number of hydrogen-bond acceptors (Lipinski definition) is 2. The first-order valence-corrected chi connectivity index (χ1v) is 6.49. The lowest BCUT2D eigenvalue weighted by Crippen LogP contribution is -2.12. The summed E-state index contributed by atoms with van der Waals surface area (Å²) in [6.07, 6.45) is 4.62. The van der Waals surface area contributed by atoms with Crippen LogP contribution in [0.3, 0.4) is 0 Å². The minimum atomic E-state index is -0.615. The standard InChI is InChI=1S/C15H19FO2/c1-10-3-5-11(6-4-10)12-7-8-13(14(16)9-12)15(17)18-2/h7-11H,3-6H2,1-2H3. The molecule has 1 aromatic rings. The van der Waals surface area contributed by atoms with Crippen molar-refractivity contribution in [2.24, 2.45) is 5.92 Å². The molecule has 0 aromatic heterocycles. The summed E-state index contributed by atoms with van der Waals surface area (Å²) in [6, 6.07) is 4.89. The Bertz CT molecular complexity index is 434. The molecule has 1 aliphatic rings. The normalized spacial score (nSPS) is 23.7. The zero-order valence-electron chi connectivity index (χ0n) is 10.9. The summed E-state index contributed by atoms with van der Waals surface area (Å²) in [6.45, 7) is 2.26. The first kappa shape index (κ1) is 13.1. The molecule has 0 aliphatic heterocycles. The van der Waals surface area contributed by atoms with E-state index in [1.165, 1.54) is 32.1 Å². The van der Waals surface area contributed by atoms with Gasteiger partial charge in [-0.25, -0.2) is 9.18 Å². The van der Waals surface area contributed by atoms with Crippen LogP contribution < -0.4 is 0 Å². The molecule has 0 N–H and O–H groups in total. The molecule has 0 bridgehead atoms. The molecule has 0 heterocycles.